The third kappa shape index (κ3) is 4.00. The first-order valence-electron chi connectivity index (χ1n) is 10.1. The van der Waals surface area contributed by atoms with Crippen LogP contribution in [0.15, 0.2) is 24.3 Å². The van der Waals surface area contributed by atoms with Gasteiger partial charge in [0.15, 0.2) is 5.41 Å². The minimum Gasteiger partial charge on any atom is -0.371 e. The number of hydrogen-bond donors (Lipinski definition) is 22. The number of benzene rings is 1. The molecule has 0 radical (unpaired) electrons. The largest absolute Gasteiger partial charge is 0.371 e. The standard InChI is InChI=1S/C17H26ClNO22/c18-6-3-1-5(2-4-6)7(10(22,23)13(28,29)11(7,24)25)9(21,19(16(36,37)38)17(39,40)41)12(26,27)8(20,14(30,31)32)15(33,34)35/h1-4,20-41H. The number of rotatable bonds is 9. The van der Waals surface area contributed by atoms with Crippen LogP contribution in [0.5, 0.6) is 0 Å². The molecule has 1 aromatic rings. The van der Waals surface area contributed by atoms with E-state index >= 15 is 0 Å². The van der Waals surface area contributed by atoms with Crippen LogP contribution in [-0.2, 0) is 5.41 Å². The average molecular weight is 632 g/mol. The third-order valence-electron chi connectivity index (χ3n) is 6.70. The van der Waals surface area contributed by atoms with Gasteiger partial charge < -0.3 is 112 Å². The van der Waals surface area contributed by atoms with Crippen molar-refractivity contribution in [1.29, 1.82) is 0 Å². The number of halogens is 1. The Morgan fingerprint density at radius 1 is 0.512 bits per heavy atom. The maximum absolute atomic E-state index is 11.7. The van der Waals surface area contributed by atoms with Crippen LogP contribution in [0.3, 0.4) is 0 Å². The van der Waals surface area contributed by atoms with E-state index in [1.54, 1.807) is 0 Å². The zero-order chi connectivity index (χ0) is 33.1. The van der Waals surface area contributed by atoms with E-state index in [2.05, 4.69) is 0 Å². The zero-order valence-corrected chi connectivity index (χ0v) is 20.2. The Morgan fingerprint density at radius 2 is 0.829 bits per heavy atom. The highest BCUT2D eigenvalue weighted by atomic mass is 35.5. The lowest BCUT2D eigenvalue weighted by molar-refractivity contribution is -0.655. The summed E-state index contributed by atoms with van der Waals surface area (Å²) in [7, 11) is 0. The first kappa shape index (κ1) is 35.8. The van der Waals surface area contributed by atoms with Gasteiger partial charge in [0.05, 0.1) is 0 Å². The highest BCUT2D eigenvalue weighted by molar-refractivity contribution is 6.30. The lowest BCUT2D eigenvalue weighted by atomic mass is 9.43. The molecule has 1 saturated carbocycles. The molecule has 0 saturated heterocycles. The molecule has 0 aliphatic heterocycles. The second kappa shape index (κ2) is 9.06. The Hall–Kier alpha value is -1.41. The lowest BCUT2D eigenvalue weighted by Gasteiger charge is -2.74. The molecule has 0 bridgehead atoms. The highest BCUT2D eigenvalue weighted by Gasteiger charge is 3.01. The van der Waals surface area contributed by atoms with Gasteiger partial charge in [-0.1, -0.05) is 23.7 Å². The molecule has 1 aliphatic carbocycles. The molecule has 1 atom stereocenters. The van der Waals surface area contributed by atoms with Crippen molar-refractivity contribution in [3.8, 4) is 0 Å². The van der Waals surface area contributed by atoms with Crippen molar-refractivity contribution in [2.75, 3.05) is 0 Å². The number of hydrogen-bond acceptors (Lipinski definition) is 23. The van der Waals surface area contributed by atoms with E-state index in [9.17, 15) is 112 Å². The molecule has 1 aliphatic rings. The van der Waals surface area contributed by atoms with Crippen molar-refractivity contribution < 1.29 is 112 Å². The van der Waals surface area contributed by atoms with E-state index in [0.717, 1.165) is 0 Å². The molecule has 23 nitrogen and oxygen atoms in total. The molecule has 1 aromatic carbocycles. The quantitative estimate of drug-likeness (QED) is 0.112. The topological polar surface area (TPSA) is 448 Å². The van der Waals surface area contributed by atoms with Crippen LogP contribution in [0, 0.1) is 0 Å². The predicted molar refractivity (Wildman–Crippen MR) is 111 cm³/mol. The van der Waals surface area contributed by atoms with Crippen molar-refractivity contribution in [2.45, 2.75) is 64.0 Å². The van der Waals surface area contributed by atoms with Gasteiger partial charge >= 0.3 is 24.1 Å². The van der Waals surface area contributed by atoms with Gasteiger partial charge in [-0.2, -0.15) is 0 Å². The normalized spacial score (nSPS) is 22.7. The lowest BCUT2D eigenvalue weighted by Crippen LogP contribution is -3.05. The molecule has 0 aromatic heterocycles. The first-order valence-corrected chi connectivity index (χ1v) is 10.5. The smallest absolute Gasteiger partial charge is 0.354 e. The van der Waals surface area contributed by atoms with Gasteiger partial charge in [0.2, 0.25) is 17.3 Å². The Bertz CT molecular complexity index is 1100. The molecule has 24 heteroatoms. The van der Waals surface area contributed by atoms with E-state index < -0.39 is 79.5 Å². The zero-order valence-electron chi connectivity index (χ0n) is 19.5. The minimum absolute atomic E-state index is 0.175. The fourth-order valence-electron chi connectivity index (χ4n) is 4.90. The van der Waals surface area contributed by atoms with Gasteiger partial charge in [0, 0.05) is 5.02 Å². The van der Waals surface area contributed by atoms with Crippen LogP contribution in [0.2, 0.25) is 5.02 Å². The fraction of sp³-hybridized carbons (Fsp3) is 0.647. The number of aliphatic hydroxyl groups is 22. The highest BCUT2D eigenvalue weighted by Crippen LogP contribution is 2.70. The second-order valence-electron chi connectivity index (χ2n) is 9.13. The van der Waals surface area contributed by atoms with E-state index in [4.69, 9.17) is 11.6 Å². The Kier molecular flexibility index (Phi) is 7.91. The first-order chi connectivity index (χ1) is 17.6. The Morgan fingerprint density at radius 3 is 1.10 bits per heavy atom. The summed E-state index contributed by atoms with van der Waals surface area (Å²) in [6, 6.07) is 1.38. The maximum Gasteiger partial charge on any atom is 0.354 e. The van der Waals surface area contributed by atoms with Crippen LogP contribution < -0.4 is 0 Å². The van der Waals surface area contributed by atoms with Crippen LogP contribution in [0.4, 0.5) is 0 Å². The molecule has 0 spiro atoms. The summed E-state index contributed by atoms with van der Waals surface area (Å²) in [6.07, 6.45) is -11.3. The van der Waals surface area contributed by atoms with Crippen molar-refractivity contribution in [3.63, 3.8) is 0 Å². The summed E-state index contributed by atoms with van der Waals surface area (Å²) in [5.41, 5.74) is -19.4. The second-order valence-corrected chi connectivity index (χ2v) is 9.57. The summed E-state index contributed by atoms with van der Waals surface area (Å²) >= 11 is 5.63. The van der Waals surface area contributed by atoms with Crippen molar-refractivity contribution >= 4 is 11.6 Å². The summed E-state index contributed by atoms with van der Waals surface area (Å²) in [5, 5.41) is 223. The average Bonchev–Trinajstić information content (AvgIpc) is 2.69. The Labute approximate surface area is 228 Å². The monoisotopic (exact) mass is 631 g/mol. The van der Waals surface area contributed by atoms with Crippen LogP contribution in [-0.4, -0.2) is 176 Å². The van der Waals surface area contributed by atoms with Crippen LogP contribution >= 0.6 is 11.6 Å². The van der Waals surface area contributed by atoms with Crippen LogP contribution in [0.1, 0.15) is 5.56 Å². The van der Waals surface area contributed by atoms with Gasteiger partial charge in [0.1, 0.15) is 0 Å². The van der Waals surface area contributed by atoms with Gasteiger partial charge in [-0.3, -0.25) is 0 Å². The fourth-order valence-corrected chi connectivity index (χ4v) is 5.03. The van der Waals surface area contributed by atoms with Gasteiger partial charge in [-0.15, -0.1) is 4.90 Å². The van der Waals surface area contributed by atoms with E-state index in [0.29, 0.717) is 12.1 Å². The molecule has 2 rings (SSSR count). The van der Waals surface area contributed by atoms with Gasteiger partial charge in [-0.05, 0) is 17.7 Å². The molecule has 22 N–H and O–H groups in total. The Balaban J connectivity index is 3.51. The molecule has 0 heterocycles. The van der Waals surface area contributed by atoms with Crippen molar-refractivity contribution in [1.82, 2.24) is 4.90 Å². The molecule has 41 heavy (non-hydrogen) atoms. The molecule has 1 fully saturated rings. The maximum atomic E-state index is 11.7. The molecule has 1 unspecified atom stereocenters. The van der Waals surface area contributed by atoms with E-state index in [-0.39, 0.29) is 12.1 Å². The third-order valence-corrected chi connectivity index (χ3v) is 6.96. The molecule has 0 amide bonds. The summed E-state index contributed by atoms with van der Waals surface area (Å²) in [4.78, 5) is -2.35. The van der Waals surface area contributed by atoms with Crippen molar-refractivity contribution in [3.05, 3.63) is 34.9 Å². The molecular weight excluding hydrogens is 606 g/mol. The summed E-state index contributed by atoms with van der Waals surface area (Å²) in [5.74, 6) is -33.5. The van der Waals surface area contributed by atoms with Crippen molar-refractivity contribution in [2.24, 2.45) is 0 Å². The van der Waals surface area contributed by atoms with E-state index in [1.165, 1.54) is 0 Å². The van der Waals surface area contributed by atoms with Gasteiger partial charge in [0.25, 0.3) is 17.2 Å². The predicted octanol–water partition coefficient (Wildman–Crippen LogP) is -12.5. The molecular formula is C17H26ClNO22. The number of nitrogens with zero attached hydrogens (tertiary/aromatic N) is 1. The SMILES string of the molecule is OC(O)(O)N(C(O)(O)O)C(O)(C(O)(O)C(O)(C(O)(O)O)C(O)(O)O)C1(c2ccc(Cl)cc2)C(O)(O)C(O)(O)C1(O)O. The van der Waals surface area contributed by atoms with Crippen LogP contribution in [0.25, 0.3) is 0 Å². The molecule has 238 valence electrons. The summed E-state index contributed by atoms with van der Waals surface area (Å²) < 4.78 is 0. The van der Waals surface area contributed by atoms with E-state index in [1.807, 2.05) is 0 Å². The summed E-state index contributed by atoms with van der Waals surface area (Å²) in [6.45, 7) is 0. The van der Waals surface area contributed by atoms with Gasteiger partial charge in [-0.25, -0.2) is 0 Å². The minimum atomic E-state index is -6.39.